The van der Waals surface area contributed by atoms with Crippen LogP contribution < -0.4 is 10.6 Å². The van der Waals surface area contributed by atoms with Gasteiger partial charge in [0.25, 0.3) is 0 Å². The van der Waals surface area contributed by atoms with Crippen LogP contribution in [0, 0.1) is 19.8 Å². The van der Waals surface area contributed by atoms with Gasteiger partial charge in [-0.25, -0.2) is 9.59 Å². The van der Waals surface area contributed by atoms with E-state index in [-0.39, 0.29) is 12.3 Å². The van der Waals surface area contributed by atoms with Crippen LogP contribution in [0.5, 0.6) is 0 Å². The fourth-order valence-electron chi connectivity index (χ4n) is 5.16. The second-order valence-electron chi connectivity index (χ2n) is 15.3. The summed E-state index contributed by atoms with van der Waals surface area (Å²) in [6, 6.07) is 12.0. The Morgan fingerprint density at radius 3 is 1.89 bits per heavy atom. The Kier molecular flexibility index (Phi) is 13.2. The SMILES string of the molecule is CCC(C)(C)N(C(=O)C(NC(=O)OC(C)(C)C)C(C)C)C(C(=O)NC(Cc1ccccc1)C(=O)OC(C)(C)C)c1cc(C)ccc1C. The molecule has 0 saturated carbocycles. The van der Waals surface area contributed by atoms with E-state index in [1.165, 1.54) is 0 Å². The molecule has 0 radical (unpaired) electrons. The molecule has 0 bridgehead atoms. The lowest BCUT2D eigenvalue weighted by molar-refractivity contribution is -0.159. The topological polar surface area (TPSA) is 114 Å². The minimum atomic E-state index is -1.14. The van der Waals surface area contributed by atoms with Gasteiger partial charge in [-0.1, -0.05) is 74.9 Å². The summed E-state index contributed by atoms with van der Waals surface area (Å²) in [7, 11) is 0. The molecule has 2 N–H and O–H groups in total. The van der Waals surface area contributed by atoms with Crippen molar-refractivity contribution in [1.82, 2.24) is 15.5 Å². The first-order valence-corrected chi connectivity index (χ1v) is 16.5. The first kappa shape index (κ1) is 39.3. The van der Waals surface area contributed by atoms with Crippen LogP contribution in [0.2, 0.25) is 0 Å². The number of amides is 3. The average Bonchev–Trinajstić information content (AvgIpc) is 2.93. The Balaban J connectivity index is 2.75. The number of nitrogens with one attached hydrogen (secondary N) is 2. The Morgan fingerprint density at radius 1 is 0.809 bits per heavy atom. The number of alkyl carbamates (subject to hydrolysis) is 1. The lowest BCUT2D eigenvalue weighted by Gasteiger charge is -2.45. The van der Waals surface area contributed by atoms with Crippen molar-refractivity contribution in [3.63, 3.8) is 0 Å². The summed E-state index contributed by atoms with van der Waals surface area (Å²) < 4.78 is 11.3. The summed E-state index contributed by atoms with van der Waals surface area (Å²) in [5.74, 6) is -1.87. The molecule has 0 aliphatic carbocycles. The number of carbonyl (C=O) groups is 4. The van der Waals surface area contributed by atoms with Crippen molar-refractivity contribution in [3.05, 3.63) is 70.8 Å². The second kappa shape index (κ2) is 15.8. The molecule has 3 atom stereocenters. The van der Waals surface area contributed by atoms with E-state index in [0.717, 1.165) is 16.7 Å². The monoisotopic (exact) mass is 651 g/mol. The average molecular weight is 652 g/mol. The maximum atomic E-state index is 14.8. The van der Waals surface area contributed by atoms with Gasteiger partial charge in [-0.3, -0.25) is 9.59 Å². The number of hydrogen-bond donors (Lipinski definition) is 2. The summed E-state index contributed by atoms with van der Waals surface area (Å²) >= 11 is 0. The zero-order chi connectivity index (χ0) is 35.9. The number of carbonyl (C=O) groups excluding carboxylic acids is 4. The normalized spacial score (nSPS) is 14.1. The smallest absolute Gasteiger partial charge is 0.408 e. The van der Waals surface area contributed by atoms with E-state index in [0.29, 0.717) is 12.0 Å². The Labute approximate surface area is 282 Å². The van der Waals surface area contributed by atoms with Crippen LogP contribution >= 0.6 is 0 Å². The van der Waals surface area contributed by atoms with E-state index in [2.05, 4.69) is 10.6 Å². The Hall–Kier alpha value is -3.88. The molecule has 0 spiro atoms. The molecular weight excluding hydrogens is 594 g/mol. The highest BCUT2D eigenvalue weighted by molar-refractivity contribution is 5.94. The van der Waals surface area contributed by atoms with Gasteiger partial charge in [-0.05, 0) is 98.3 Å². The first-order chi connectivity index (χ1) is 21.6. The number of nitrogens with zero attached hydrogens (tertiary/aromatic N) is 1. The largest absolute Gasteiger partial charge is 0.458 e. The molecule has 47 heavy (non-hydrogen) atoms. The molecule has 2 aromatic rings. The molecule has 0 aliphatic heterocycles. The van der Waals surface area contributed by atoms with Crippen molar-refractivity contribution in [2.45, 2.75) is 138 Å². The molecular formula is C38H57N3O6. The highest BCUT2D eigenvalue weighted by Gasteiger charge is 2.45. The van der Waals surface area contributed by atoms with Gasteiger partial charge < -0.3 is 25.0 Å². The molecule has 0 heterocycles. The fourth-order valence-corrected chi connectivity index (χ4v) is 5.16. The maximum Gasteiger partial charge on any atom is 0.408 e. The van der Waals surface area contributed by atoms with Gasteiger partial charge in [-0.2, -0.15) is 0 Å². The third-order valence-corrected chi connectivity index (χ3v) is 7.89. The molecule has 0 fully saturated rings. The van der Waals surface area contributed by atoms with Gasteiger partial charge in [0.1, 0.15) is 29.3 Å². The molecule has 0 aromatic heterocycles. The predicted molar refractivity (Wildman–Crippen MR) is 186 cm³/mol. The van der Waals surface area contributed by atoms with Crippen LogP contribution in [0.1, 0.15) is 111 Å². The van der Waals surface area contributed by atoms with Crippen molar-refractivity contribution >= 4 is 23.9 Å². The number of ether oxygens (including phenoxy) is 2. The maximum absolute atomic E-state index is 14.8. The van der Waals surface area contributed by atoms with Gasteiger partial charge in [-0.15, -0.1) is 0 Å². The van der Waals surface area contributed by atoms with Gasteiger partial charge >= 0.3 is 12.1 Å². The predicted octanol–water partition coefficient (Wildman–Crippen LogP) is 6.98. The summed E-state index contributed by atoms with van der Waals surface area (Å²) in [6.07, 6.45) is -0.0233. The third-order valence-electron chi connectivity index (χ3n) is 7.89. The number of aryl methyl sites for hydroxylation is 2. The number of rotatable bonds is 12. The molecule has 0 aliphatic rings. The van der Waals surface area contributed by atoms with E-state index in [1.54, 1.807) is 46.4 Å². The summed E-state index contributed by atoms with van der Waals surface area (Å²) in [4.78, 5) is 57.7. The van der Waals surface area contributed by atoms with Crippen molar-refractivity contribution in [1.29, 1.82) is 0 Å². The number of esters is 1. The highest BCUT2D eigenvalue weighted by Crippen LogP contribution is 2.35. The van der Waals surface area contributed by atoms with Crippen LogP contribution in [-0.4, -0.2) is 57.6 Å². The Morgan fingerprint density at radius 2 is 1.38 bits per heavy atom. The third kappa shape index (κ3) is 11.7. The summed E-state index contributed by atoms with van der Waals surface area (Å²) in [5.41, 5.74) is 0.776. The van der Waals surface area contributed by atoms with Crippen LogP contribution in [0.25, 0.3) is 0 Å². The summed E-state index contributed by atoms with van der Waals surface area (Å²) in [5, 5.41) is 5.77. The van der Waals surface area contributed by atoms with Crippen LogP contribution in [0.4, 0.5) is 4.79 Å². The van der Waals surface area contributed by atoms with E-state index < -0.39 is 58.7 Å². The van der Waals surface area contributed by atoms with Crippen LogP contribution in [0.15, 0.2) is 48.5 Å². The minimum absolute atomic E-state index is 0.195. The van der Waals surface area contributed by atoms with Crippen molar-refractivity contribution in [2.75, 3.05) is 0 Å². The van der Waals surface area contributed by atoms with Gasteiger partial charge in [0, 0.05) is 12.0 Å². The standard InChI is InChI=1S/C38H57N3O6/c1-14-38(12,13)41(33(43)30(24(2)3)40-35(45)47-37(9,10)11)31(28-22-25(4)20-21-26(28)5)32(42)39-29(34(44)46-36(6,7)8)23-27-18-16-15-17-19-27/h15-22,24,29-31H,14,23H2,1-13H3,(H,39,42)(H,40,45). The lowest BCUT2D eigenvalue weighted by atomic mass is 9.88. The Bertz CT molecular complexity index is 1390. The lowest BCUT2D eigenvalue weighted by Crippen LogP contribution is -2.61. The quantitative estimate of drug-likeness (QED) is 0.240. The first-order valence-electron chi connectivity index (χ1n) is 16.5. The number of hydrogen-bond acceptors (Lipinski definition) is 6. The highest BCUT2D eigenvalue weighted by atomic mass is 16.6. The molecule has 260 valence electrons. The van der Waals surface area contributed by atoms with Gasteiger partial charge in [0.2, 0.25) is 11.8 Å². The van der Waals surface area contributed by atoms with Crippen molar-refractivity contribution < 1.29 is 28.7 Å². The molecule has 3 amide bonds. The molecule has 2 aromatic carbocycles. The zero-order valence-electron chi connectivity index (χ0n) is 30.7. The van der Waals surface area contributed by atoms with Gasteiger partial charge in [0.15, 0.2) is 0 Å². The van der Waals surface area contributed by atoms with Crippen molar-refractivity contribution in [2.24, 2.45) is 5.92 Å². The van der Waals surface area contributed by atoms with Crippen LogP contribution in [-0.2, 0) is 30.3 Å². The summed E-state index contributed by atoms with van der Waals surface area (Å²) in [6.45, 7) is 23.8. The van der Waals surface area contributed by atoms with Gasteiger partial charge in [0.05, 0.1) is 0 Å². The zero-order valence-corrected chi connectivity index (χ0v) is 30.7. The number of benzene rings is 2. The van der Waals surface area contributed by atoms with Crippen molar-refractivity contribution in [3.8, 4) is 0 Å². The van der Waals surface area contributed by atoms with E-state index >= 15 is 0 Å². The molecule has 0 saturated heterocycles. The minimum Gasteiger partial charge on any atom is -0.458 e. The molecule has 3 unspecified atom stereocenters. The second-order valence-corrected chi connectivity index (χ2v) is 15.3. The molecule has 9 nitrogen and oxygen atoms in total. The van der Waals surface area contributed by atoms with Crippen LogP contribution in [0.3, 0.4) is 0 Å². The molecule has 2 rings (SSSR count). The van der Waals surface area contributed by atoms with E-state index in [1.807, 2.05) is 97.0 Å². The van der Waals surface area contributed by atoms with E-state index in [4.69, 9.17) is 9.47 Å². The fraction of sp³-hybridized carbons (Fsp3) is 0.579. The van der Waals surface area contributed by atoms with E-state index in [9.17, 15) is 19.2 Å². The molecule has 9 heteroatoms.